The molecule has 3 aromatic rings. The van der Waals surface area contributed by atoms with Gasteiger partial charge in [-0.1, -0.05) is 65.7 Å². The molecule has 0 saturated heterocycles. The van der Waals surface area contributed by atoms with Gasteiger partial charge in [-0.05, 0) is 42.8 Å². The highest BCUT2D eigenvalue weighted by atomic mass is 35.5. The van der Waals surface area contributed by atoms with Crippen LogP contribution in [0.4, 0.5) is 5.69 Å². The van der Waals surface area contributed by atoms with Crippen molar-refractivity contribution in [3.8, 4) is 0 Å². The molecule has 2 amide bonds. The van der Waals surface area contributed by atoms with E-state index in [1.807, 2.05) is 37.3 Å². The number of carbonyl (C=O) groups excluding carboxylic acids is 2. The predicted octanol–water partition coefficient (Wildman–Crippen LogP) is 5.74. The van der Waals surface area contributed by atoms with Crippen molar-refractivity contribution in [2.45, 2.75) is 13.0 Å². The molecule has 0 fully saturated rings. The summed E-state index contributed by atoms with van der Waals surface area (Å²) in [5.41, 5.74) is 2.03. The van der Waals surface area contributed by atoms with Crippen LogP contribution < -0.4 is 10.6 Å². The zero-order chi connectivity index (χ0) is 20.1. The monoisotopic (exact) mass is 412 g/mol. The summed E-state index contributed by atoms with van der Waals surface area (Å²) in [6, 6.07) is 20.9. The fourth-order valence-corrected chi connectivity index (χ4v) is 3.25. The molecule has 6 heteroatoms. The van der Waals surface area contributed by atoms with Crippen molar-refractivity contribution < 1.29 is 9.59 Å². The Balaban J connectivity index is 1.79. The third kappa shape index (κ3) is 4.71. The number of para-hydroxylation sites is 1. The number of carbonyl (C=O) groups is 2. The van der Waals surface area contributed by atoms with Crippen LogP contribution in [-0.4, -0.2) is 11.8 Å². The summed E-state index contributed by atoms with van der Waals surface area (Å²) < 4.78 is 0. The molecule has 0 saturated carbocycles. The molecule has 0 unspecified atom stereocenters. The Morgan fingerprint density at radius 2 is 1.50 bits per heavy atom. The minimum atomic E-state index is -0.418. The Kier molecular flexibility index (Phi) is 6.34. The quantitative estimate of drug-likeness (QED) is 0.561. The van der Waals surface area contributed by atoms with E-state index < -0.39 is 5.91 Å². The summed E-state index contributed by atoms with van der Waals surface area (Å²) in [5.74, 6) is -0.701. The third-order valence-corrected chi connectivity index (χ3v) is 4.79. The van der Waals surface area contributed by atoms with Crippen LogP contribution in [0.5, 0.6) is 0 Å². The molecule has 0 heterocycles. The third-order valence-electron chi connectivity index (χ3n) is 4.24. The van der Waals surface area contributed by atoms with Crippen molar-refractivity contribution in [3.05, 3.63) is 99.5 Å². The molecule has 0 radical (unpaired) electrons. The summed E-state index contributed by atoms with van der Waals surface area (Å²) in [7, 11) is 0. The van der Waals surface area contributed by atoms with Gasteiger partial charge in [-0.15, -0.1) is 0 Å². The van der Waals surface area contributed by atoms with E-state index in [1.54, 1.807) is 36.4 Å². The largest absolute Gasteiger partial charge is 0.345 e. The molecule has 28 heavy (non-hydrogen) atoms. The highest BCUT2D eigenvalue weighted by molar-refractivity contribution is 6.37. The molecule has 142 valence electrons. The molecule has 2 N–H and O–H groups in total. The van der Waals surface area contributed by atoms with Crippen molar-refractivity contribution in [3.63, 3.8) is 0 Å². The molecule has 0 aliphatic heterocycles. The maximum atomic E-state index is 12.8. The van der Waals surface area contributed by atoms with Crippen molar-refractivity contribution >= 4 is 40.7 Å². The van der Waals surface area contributed by atoms with Crippen LogP contribution in [0.25, 0.3) is 0 Å². The van der Waals surface area contributed by atoms with E-state index in [4.69, 9.17) is 23.2 Å². The van der Waals surface area contributed by atoms with Gasteiger partial charge < -0.3 is 10.6 Å². The van der Waals surface area contributed by atoms with Gasteiger partial charge in [-0.2, -0.15) is 0 Å². The summed E-state index contributed by atoms with van der Waals surface area (Å²) in [4.78, 5) is 25.4. The molecule has 0 aromatic heterocycles. The van der Waals surface area contributed by atoms with E-state index in [9.17, 15) is 9.59 Å². The summed E-state index contributed by atoms with van der Waals surface area (Å²) >= 11 is 12.0. The topological polar surface area (TPSA) is 58.2 Å². The summed E-state index contributed by atoms with van der Waals surface area (Å²) in [6.07, 6.45) is 0. The van der Waals surface area contributed by atoms with Gasteiger partial charge >= 0.3 is 0 Å². The molecular weight excluding hydrogens is 395 g/mol. The van der Waals surface area contributed by atoms with Gasteiger partial charge in [0.1, 0.15) is 0 Å². The Bertz CT molecular complexity index is 1010. The number of benzene rings is 3. The first kappa shape index (κ1) is 19.9. The number of hydrogen-bond donors (Lipinski definition) is 2. The van der Waals surface area contributed by atoms with E-state index in [-0.39, 0.29) is 22.5 Å². The number of hydrogen-bond acceptors (Lipinski definition) is 2. The lowest BCUT2D eigenvalue weighted by Gasteiger charge is -2.16. The molecule has 0 spiro atoms. The normalized spacial score (nSPS) is 11.5. The van der Waals surface area contributed by atoms with Crippen LogP contribution in [0.2, 0.25) is 10.0 Å². The smallest absolute Gasteiger partial charge is 0.257 e. The van der Waals surface area contributed by atoms with Crippen LogP contribution in [0.1, 0.15) is 39.2 Å². The zero-order valence-electron chi connectivity index (χ0n) is 15.1. The van der Waals surface area contributed by atoms with Crippen LogP contribution >= 0.6 is 23.2 Å². The average Bonchev–Trinajstić information content (AvgIpc) is 2.68. The highest BCUT2D eigenvalue weighted by Gasteiger charge is 2.17. The molecule has 0 aliphatic rings. The van der Waals surface area contributed by atoms with Gasteiger partial charge in [0.2, 0.25) is 0 Å². The fraction of sp³-hybridized carbons (Fsp3) is 0.0909. The maximum Gasteiger partial charge on any atom is 0.257 e. The second kappa shape index (κ2) is 8.91. The molecule has 0 aliphatic carbocycles. The Labute approximate surface area is 173 Å². The number of anilines is 1. The van der Waals surface area contributed by atoms with Crippen LogP contribution in [0, 0.1) is 0 Å². The van der Waals surface area contributed by atoms with Crippen molar-refractivity contribution in [1.29, 1.82) is 0 Å². The lowest BCUT2D eigenvalue weighted by atomic mass is 10.1. The van der Waals surface area contributed by atoms with Crippen LogP contribution in [0.15, 0.2) is 72.8 Å². The molecular formula is C22H18Cl2N2O2. The number of nitrogens with one attached hydrogen (secondary N) is 2. The van der Waals surface area contributed by atoms with E-state index in [1.165, 1.54) is 6.07 Å². The van der Waals surface area contributed by atoms with Gasteiger partial charge in [0, 0.05) is 5.02 Å². The number of halogens is 2. The van der Waals surface area contributed by atoms with Crippen molar-refractivity contribution in [2.75, 3.05) is 5.32 Å². The van der Waals surface area contributed by atoms with E-state index in [0.29, 0.717) is 16.3 Å². The highest BCUT2D eigenvalue weighted by Crippen LogP contribution is 2.23. The Morgan fingerprint density at radius 1 is 0.821 bits per heavy atom. The first-order valence-corrected chi connectivity index (χ1v) is 9.42. The minimum Gasteiger partial charge on any atom is -0.345 e. The second-order valence-electron chi connectivity index (χ2n) is 6.23. The number of amides is 2. The van der Waals surface area contributed by atoms with Gasteiger partial charge in [0.15, 0.2) is 0 Å². The fourth-order valence-electron chi connectivity index (χ4n) is 2.75. The lowest BCUT2D eigenvalue weighted by molar-refractivity contribution is 0.0941. The molecule has 3 aromatic carbocycles. The lowest BCUT2D eigenvalue weighted by Crippen LogP contribution is -2.28. The van der Waals surface area contributed by atoms with Gasteiger partial charge in [0.25, 0.3) is 11.8 Å². The van der Waals surface area contributed by atoms with E-state index in [2.05, 4.69) is 10.6 Å². The summed E-state index contributed by atoms with van der Waals surface area (Å²) in [6.45, 7) is 1.90. The standard InChI is InChI=1S/C22H18Cl2N2O2/c1-14(15-7-3-2-4-8-15)25-22(28)18-9-5-6-10-20(18)26-21(27)17-12-11-16(23)13-19(17)24/h2-14H,1H3,(H,25,28)(H,26,27)/t14-/m1/s1. The molecule has 0 bridgehead atoms. The van der Waals surface area contributed by atoms with Gasteiger partial charge in [-0.3, -0.25) is 9.59 Å². The van der Waals surface area contributed by atoms with Crippen LogP contribution in [-0.2, 0) is 0 Å². The summed E-state index contributed by atoms with van der Waals surface area (Å²) in [5, 5.41) is 6.39. The molecule has 3 rings (SSSR count). The van der Waals surface area contributed by atoms with Gasteiger partial charge in [-0.25, -0.2) is 0 Å². The number of rotatable bonds is 5. The zero-order valence-corrected chi connectivity index (χ0v) is 16.6. The molecule has 4 nitrogen and oxygen atoms in total. The van der Waals surface area contributed by atoms with Gasteiger partial charge in [0.05, 0.1) is 27.9 Å². The Hall–Kier alpha value is -2.82. The van der Waals surface area contributed by atoms with Crippen LogP contribution in [0.3, 0.4) is 0 Å². The minimum absolute atomic E-state index is 0.178. The maximum absolute atomic E-state index is 12.8. The SMILES string of the molecule is C[C@@H](NC(=O)c1ccccc1NC(=O)c1ccc(Cl)cc1Cl)c1ccccc1. The van der Waals surface area contributed by atoms with Crippen molar-refractivity contribution in [1.82, 2.24) is 5.32 Å². The predicted molar refractivity (Wildman–Crippen MR) is 113 cm³/mol. The van der Waals surface area contributed by atoms with Crippen molar-refractivity contribution in [2.24, 2.45) is 0 Å². The first-order valence-electron chi connectivity index (χ1n) is 8.67. The first-order chi connectivity index (χ1) is 13.5. The Morgan fingerprint density at radius 3 is 2.21 bits per heavy atom. The average molecular weight is 413 g/mol. The van der Waals surface area contributed by atoms with E-state index >= 15 is 0 Å². The van der Waals surface area contributed by atoms with E-state index in [0.717, 1.165) is 5.56 Å². The molecule has 1 atom stereocenters. The second-order valence-corrected chi connectivity index (χ2v) is 7.07.